The fourth-order valence-corrected chi connectivity index (χ4v) is 1.71. The number of nitrogens with one attached hydrogen (secondary N) is 1. The predicted molar refractivity (Wildman–Crippen MR) is 64.1 cm³/mol. The van der Waals surface area contributed by atoms with Crippen LogP contribution >= 0.6 is 0 Å². The molecule has 0 aliphatic heterocycles. The van der Waals surface area contributed by atoms with E-state index in [-0.39, 0.29) is 0 Å². The Bertz CT molecular complexity index is 303. The summed E-state index contributed by atoms with van der Waals surface area (Å²) < 4.78 is 5.53. The lowest BCUT2D eigenvalue weighted by Gasteiger charge is -2.16. The molecule has 2 atom stereocenters. The van der Waals surface area contributed by atoms with Crippen molar-refractivity contribution in [2.24, 2.45) is 5.92 Å². The molecule has 1 rings (SSSR count). The highest BCUT2D eigenvalue weighted by atomic mass is 16.3. The quantitative estimate of drug-likeness (QED) is 0.801. The average molecular weight is 209 g/mol. The average Bonchev–Trinajstić information content (AvgIpc) is 2.53. The fraction of sp³-hybridized carbons (Fsp3) is 0.692. The van der Waals surface area contributed by atoms with E-state index in [1.165, 1.54) is 12.0 Å². The van der Waals surface area contributed by atoms with Gasteiger partial charge in [0.05, 0.1) is 0 Å². The van der Waals surface area contributed by atoms with Gasteiger partial charge < -0.3 is 9.73 Å². The Morgan fingerprint density at radius 3 is 2.47 bits per heavy atom. The Morgan fingerprint density at radius 2 is 2.00 bits per heavy atom. The number of hydrogen-bond acceptors (Lipinski definition) is 2. The second-order valence-electron chi connectivity index (χ2n) is 4.51. The van der Waals surface area contributed by atoms with Gasteiger partial charge in [0, 0.05) is 11.6 Å². The van der Waals surface area contributed by atoms with Gasteiger partial charge in [-0.2, -0.15) is 0 Å². The van der Waals surface area contributed by atoms with Crippen LogP contribution in [0.25, 0.3) is 0 Å². The van der Waals surface area contributed by atoms with Gasteiger partial charge in [0.15, 0.2) is 0 Å². The van der Waals surface area contributed by atoms with Crippen molar-refractivity contribution in [2.75, 3.05) is 6.54 Å². The Morgan fingerprint density at radius 1 is 1.33 bits per heavy atom. The normalized spacial score (nSPS) is 15.3. The van der Waals surface area contributed by atoms with Crippen LogP contribution < -0.4 is 5.32 Å². The first-order valence-corrected chi connectivity index (χ1v) is 5.84. The van der Waals surface area contributed by atoms with Gasteiger partial charge in [0.2, 0.25) is 0 Å². The molecule has 0 aliphatic carbocycles. The van der Waals surface area contributed by atoms with Gasteiger partial charge in [0.25, 0.3) is 0 Å². The SMILES string of the molecule is CCC(C)CNC(C)c1cc(C)oc1C. The molecule has 1 aromatic heterocycles. The van der Waals surface area contributed by atoms with Gasteiger partial charge >= 0.3 is 0 Å². The van der Waals surface area contributed by atoms with Crippen molar-refractivity contribution in [3.05, 3.63) is 23.2 Å². The summed E-state index contributed by atoms with van der Waals surface area (Å²) in [5.41, 5.74) is 1.29. The summed E-state index contributed by atoms with van der Waals surface area (Å²) in [6.45, 7) is 11.8. The lowest BCUT2D eigenvalue weighted by molar-refractivity contribution is 0.451. The van der Waals surface area contributed by atoms with Crippen molar-refractivity contribution in [3.8, 4) is 0 Å². The molecule has 0 fully saturated rings. The first-order valence-electron chi connectivity index (χ1n) is 5.84. The lowest BCUT2D eigenvalue weighted by atomic mass is 10.1. The lowest BCUT2D eigenvalue weighted by Crippen LogP contribution is -2.24. The minimum Gasteiger partial charge on any atom is -0.466 e. The Hall–Kier alpha value is -0.760. The van der Waals surface area contributed by atoms with E-state index in [0.29, 0.717) is 6.04 Å². The van der Waals surface area contributed by atoms with E-state index in [1.807, 2.05) is 13.8 Å². The second kappa shape index (κ2) is 5.36. The molecule has 0 radical (unpaired) electrons. The number of hydrogen-bond donors (Lipinski definition) is 1. The van der Waals surface area contributed by atoms with Crippen LogP contribution in [0.2, 0.25) is 0 Å². The van der Waals surface area contributed by atoms with Crippen LogP contribution in [0.4, 0.5) is 0 Å². The van der Waals surface area contributed by atoms with Crippen molar-refractivity contribution >= 4 is 0 Å². The van der Waals surface area contributed by atoms with Crippen molar-refractivity contribution in [3.63, 3.8) is 0 Å². The molecule has 0 amide bonds. The number of furan rings is 1. The third-order valence-electron chi connectivity index (χ3n) is 3.02. The summed E-state index contributed by atoms with van der Waals surface area (Å²) in [6, 6.07) is 2.51. The molecule has 1 heterocycles. The molecule has 86 valence electrons. The zero-order valence-electron chi connectivity index (χ0n) is 10.6. The van der Waals surface area contributed by atoms with E-state index in [2.05, 4.69) is 32.2 Å². The molecule has 2 unspecified atom stereocenters. The fourth-order valence-electron chi connectivity index (χ4n) is 1.71. The predicted octanol–water partition coefficient (Wildman–Crippen LogP) is 3.59. The monoisotopic (exact) mass is 209 g/mol. The largest absolute Gasteiger partial charge is 0.466 e. The van der Waals surface area contributed by atoms with E-state index >= 15 is 0 Å². The molecule has 0 bridgehead atoms. The standard InChI is InChI=1S/C13H23NO/c1-6-9(2)8-14-11(4)13-7-10(3)15-12(13)5/h7,9,11,14H,6,8H2,1-5H3. The Balaban J connectivity index is 2.53. The van der Waals surface area contributed by atoms with Crippen molar-refractivity contribution in [1.82, 2.24) is 5.32 Å². The van der Waals surface area contributed by atoms with E-state index < -0.39 is 0 Å². The third-order valence-corrected chi connectivity index (χ3v) is 3.02. The molecule has 0 spiro atoms. The highest BCUT2D eigenvalue weighted by Crippen LogP contribution is 2.21. The number of rotatable bonds is 5. The maximum atomic E-state index is 5.53. The first-order chi connectivity index (χ1) is 7.04. The molecular weight excluding hydrogens is 186 g/mol. The summed E-state index contributed by atoms with van der Waals surface area (Å²) in [6.07, 6.45) is 1.23. The highest BCUT2D eigenvalue weighted by molar-refractivity contribution is 5.23. The maximum absolute atomic E-state index is 5.53. The van der Waals surface area contributed by atoms with Crippen LogP contribution in [0.3, 0.4) is 0 Å². The zero-order valence-corrected chi connectivity index (χ0v) is 10.6. The van der Waals surface area contributed by atoms with Crippen LogP contribution in [-0.4, -0.2) is 6.54 Å². The van der Waals surface area contributed by atoms with E-state index in [1.54, 1.807) is 0 Å². The summed E-state index contributed by atoms with van der Waals surface area (Å²) in [5.74, 6) is 2.78. The molecule has 2 nitrogen and oxygen atoms in total. The number of aryl methyl sites for hydroxylation is 2. The van der Waals surface area contributed by atoms with Crippen LogP contribution in [-0.2, 0) is 0 Å². The molecule has 0 aliphatic rings. The topological polar surface area (TPSA) is 25.2 Å². The summed E-state index contributed by atoms with van der Waals surface area (Å²) in [4.78, 5) is 0. The Kier molecular flexibility index (Phi) is 4.40. The van der Waals surface area contributed by atoms with E-state index in [0.717, 1.165) is 24.0 Å². The molecule has 15 heavy (non-hydrogen) atoms. The molecule has 2 heteroatoms. The summed E-state index contributed by atoms with van der Waals surface area (Å²) in [7, 11) is 0. The van der Waals surface area contributed by atoms with Gasteiger partial charge in [-0.3, -0.25) is 0 Å². The molecule has 0 saturated heterocycles. The third kappa shape index (κ3) is 3.38. The summed E-state index contributed by atoms with van der Waals surface area (Å²) in [5, 5.41) is 3.54. The van der Waals surface area contributed by atoms with Crippen molar-refractivity contribution in [1.29, 1.82) is 0 Å². The van der Waals surface area contributed by atoms with Crippen LogP contribution in [0.5, 0.6) is 0 Å². The minimum absolute atomic E-state index is 0.386. The van der Waals surface area contributed by atoms with E-state index in [9.17, 15) is 0 Å². The molecular formula is C13H23NO. The maximum Gasteiger partial charge on any atom is 0.105 e. The smallest absolute Gasteiger partial charge is 0.105 e. The van der Waals surface area contributed by atoms with Crippen LogP contribution in [0.1, 0.15) is 50.3 Å². The van der Waals surface area contributed by atoms with Crippen LogP contribution in [0, 0.1) is 19.8 Å². The highest BCUT2D eigenvalue weighted by Gasteiger charge is 2.12. The molecule has 1 N–H and O–H groups in total. The van der Waals surface area contributed by atoms with Gasteiger partial charge in [-0.25, -0.2) is 0 Å². The molecule has 0 saturated carbocycles. The van der Waals surface area contributed by atoms with Gasteiger partial charge in [-0.15, -0.1) is 0 Å². The molecule has 0 aromatic carbocycles. The van der Waals surface area contributed by atoms with Crippen molar-refractivity contribution < 1.29 is 4.42 Å². The molecule has 1 aromatic rings. The van der Waals surface area contributed by atoms with Crippen LogP contribution in [0.15, 0.2) is 10.5 Å². The van der Waals surface area contributed by atoms with Gasteiger partial charge in [-0.05, 0) is 39.3 Å². The van der Waals surface area contributed by atoms with E-state index in [4.69, 9.17) is 4.42 Å². The second-order valence-corrected chi connectivity index (χ2v) is 4.51. The minimum atomic E-state index is 0.386. The van der Waals surface area contributed by atoms with Gasteiger partial charge in [0.1, 0.15) is 11.5 Å². The summed E-state index contributed by atoms with van der Waals surface area (Å²) >= 11 is 0. The first kappa shape index (κ1) is 12.3. The zero-order chi connectivity index (χ0) is 11.4. The van der Waals surface area contributed by atoms with Crippen molar-refractivity contribution in [2.45, 2.75) is 47.1 Å². The van der Waals surface area contributed by atoms with Gasteiger partial charge in [-0.1, -0.05) is 20.3 Å². The Labute approximate surface area is 93.1 Å².